The Labute approximate surface area is 141 Å². The van der Waals surface area contributed by atoms with Crippen molar-refractivity contribution < 1.29 is 4.74 Å². The molecule has 23 heavy (non-hydrogen) atoms. The van der Waals surface area contributed by atoms with Crippen LogP contribution >= 0.6 is 0 Å². The van der Waals surface area contributed by atoms with Crippen LogP contribution in [-0.4, -0.2) is 55.2 Å². The van der Waals surface area contributed by atoms with E-state index in [1.54, 1.807) is 0 Å². The zero-order valence-corrected chi connectivity index (χ0v) is 15.1. The minimum atomic E-state index is 0.711. The van der Waals surface area contributed by atoms with Gasteiger partial charge in [0.05, 0.1) is 13.2 Å². The molecule has 3 heteroatoms. The first-order valence-electron chi connectivity index (χ1n) is 9.24. The van der Waals surface area contributed by atoms with Crippen molar-refractivity contribution in [1.29, 1.82) is 0 Å². The first kappa shape index (κ1) is 16.9. The predicted octanol–water partition coefficient (Wildman–Crippen LogP) is 3.24. The maximum absolute atomic E-state index is 5.49. The van der Waals surface area contributed by atoms with Crippen molar-refractivity contribution in [2.24, 2.45) is 5.92 Å². The number of hydrogen-bond acceptors (Lipinski definition) is 3. The first-order valence-corrected chi connectivity index (χ1v) is 9.24. The molecule has 2 heterocycles. The summed E-state index contributed by atoms with van der Waals surface area (Å²) in [4.78, 5) is 5.26. The third-order valence-corrected chi connectivity index (χ3v) is 5.91. The molecule has 1 atom stereocenters. The second kappa shape index (κ2) is 7.78. The van der Waals surface area contributed by atoms with Crippen LogP contribution in [-0.2, 0) is 11.3 Å². The Morgan fingerprint density at radius 2 is 1.74 bits per heavy atom. The molecule has 2 saturated heterocycles. The molecule has 3 rings (SSSR count). The van der Waals surface area contributed by atoms with Crippen LogP contribution in [0.15, 0.2) is 18.2 Å². The Hall–Kier alpha value is -0.900. The molecular formula is C20H32N2O. The van der Waals surface area contributed by atoms with Gasteiger partial charge < -0.3 is 4.74 Å². The lowest BCUT2D eigenvalue weighted by atomic mass is 9.89. The Morgan fingerprint density at radius 1 is 1.04 bits per heavy atom. The molecular weight excluding hydrogens is 284 g/mol. The number of hydrogen-bond donors (Lipinski definition) is 0. The number of piperidine rings is 1. The summed E-state index contributed by atoms with van der Waals surface area (Å²) in [7, 11) is 0. The molecule has 0 spiro atoms. The molecule has 0 radical (unpaired) electrons. The predicted molar refractivity (Wildman–Crippen MR) is 95.8 cm³/mol. The Bertz CT molecular complexity index is 502. The molecule has 0 amide bonds. The number of nitrogens with zero attached hydrogens (tertiary/aromatic N) is 2. The van der Waals surface area contributed by atoms with E-state index in [0.717, 1.165) is 38.8 Å². The zero-order chi connectivity index (χ0) is 16.2. The summed E-state index contributed by atoms with van der Waals surface area (Å²) in [6.07, 6.45) is 2.67. The normalized spacial score (nSPS) is 23.1. The fourth-order valence-corrected chi connectivity index (χ4v) is 4.04. The number of morpholine rings is 1. The van der Waals surface area contributed by atoms with Crippen molar-refractivity contribution in [2.45, 2.75) is 46.2 Å². The number of ether oxygens (including phenoxy) is 1. The molecule has 2 aliphatic heterocycles. The Balaban J connectivity index is 1.48. The molecule has 1 aromatic carbocycles. The number of rotatable bonds is 4. The van der Waals surface area contributed by atoms with E-state index in [0.29, 0.717) is 6.04 Å². The quantitative estimate of drug-likeness (QED) is 0.848. The largest absolute Gasteiger partial charge is 0.379 e. The van der Waals surface area contributed by atoms with Crippen molar-refractivity contribution in [1.82, 2.24) is 9.80 Å². The Morgan fingerprint density at radius 3 is 2.39 bits per heavy atom. The van der Waals surface area contributed by atoms with E-state index in [-0.39, 0.29) is 0 Å². The van der Waals surface area contributed by atoms with E-state index in [1.165, 1.54) is 42.6 Å². The number of benzene rings is 1. The van der Waals surface area contributed by atoms with Crippen LogP contribution in [0.4, 0.5) is 0 Å². The molecule has 2 fully saturated rings. The number of aryl methyl sites for hydroxylation is 2. The molecule has 1 unspecified atom stereocenters. The van der Waals surface area contributed by atoms with Gasteiger partial charge in [-0.3, -0.25) is 9.80 Å². The second-order valence-electron chi connectivity index (χ2n) is 7.42. The van der Waals surface area contributed by atoms with Crippen molar-refractivity contribution in [3.8, 4) is 0 Å². The lowest BCUT2D eigenvalue weighted by Gasteiger charge is -2.41. The minimum absolute atomic E-state index is 0.711. The van der Waals surface area contributed by atoms with Crippen LogP contribution in [0.1, 0.15) is 36.5 Å². The molecule has 0 aromatic heterocycles. The summed E-state index contributed by atoms with van der Waals surface area (Å²) in [6, 6.07) is 7.63. The standard InChI is InChI=1S/C20H32N2O/c1-16-4-5-19(14-17(16)2)15-21-8-6-20(7-9-21)18(3)22-10-12-23-13-11-22/h4-5,14,18,20H,6-13,15H2,1-3H3. The highest BCUT2D eigenvalue weighted by Crippen LogP contribution is 2.25. The van der Waals surface area contributed by atoms with Gasteiger partial charge in [0.1, 0.15) is 0 Å². The van der Waals surface area contributed by atoms with Crippen LogP contribution in [0, 0.1) is 19.8 Å². The van der Waals surface area contributed by atoms with E-state index in [1.807, 2.05) is 0 Å². The highest BCUT2D eigenvalue weighted by Gasteiger charge is 2.28. The topological polar surface area (TPSA) is 15.7 Å². The molecule has 0 saturated carbocycles. The van der Waals surface area contributed by atoms with E-state index < -0.39 is 0 Å². The molecule has 0 bridgehead atoms. The summed E-state index contributed by atoms with van der Waals surface area (Å²) in [6.45, 7) is 14.5. The average molecular weight is 316 g/mol. The lowest BCUT2D eigenvalue weighted by molar-refractivity contribution is -0.00192. The molecule has 0 aliphatic carbocycles. The average Bonchev–Trinajstić information content (AvgIpc) is 2.59. The highest BCUT2D eigenvalue weighted by atomic mass is 16.5. The maximum Gasteiger partial charge on any atom is 0.0594 e. The lowest BCUT2D eigenvalue weighted by Crippen LogP contribution is -2.48. The summed E-state index contributed by atoms with van der Waals surface area (Å²) in [5, 5.41) is 0. The van der Waals surface area contributed by atoms with Gasteiger partial charge >= 0.3 is 0 Å². The van der Waals surface area contributed by atoms with Crippen molar-refractivity contribution in [3.63, 3.8) is 0 Å². The van der Waals surface area contributed by atoms with Gasteiger partial charge in [0.25, 0.3) is 0 Å². The monoisotopic (exact) mass is 316 g/mol. The summed E-state index contributed by atoms with van der Waals surface area (Å²) >= 11 is 0. The van der Waals surface area contributed by atoms with Crippen LogP contribution in [0.2, 0.25) is 0 Å². The highest BCUT2D eigenvalue weighted by molar-refractivity contribution is 5.29. The van der Waals surface area contributed by atoms with E-state index >= 15 is 0 Å². The van der Waals surface area contributed by atoms with E-state index in [2.05, 4.69) is 48.8 Å². The van der Waals surface area contributed by atoms with Crippen LogP contribution in [0.3, 0.4) is 0 Å². The second-order valence-corrected chi connectivity index (χ2v) is 7.42. The summed E-state index contributed by atoms with van der Waals surface area (Å²) in [5.74, 6) is 0.851. The van der Waals surface area contributed by atoms with Gasteiger partial charge in [0.2, 0.25) is 0 Å². The SMILES string of the molecule is Cc1ccc(CN2CCC(C(C)N3CCOCC3)CC2)cc1C. The minimum Gasteiger partial charge on any atom is -0.379 e. The van der Waals surface area contributed by atoms with Gasteiger partial charge in [0, 0.05) is 25.7 Å². The van der Waals surface area contributed by atoms with Crippen LogP contribution < -0.4 is 0 Å². The molecule has 128 valence electrons. The van der Waals surface area contributed by atoms with Crippen molar-refractivity contribution >= 4 is 0 Å². The van der Waals surface area contributed by atoms with Gasteiger partial charge in [-0.25, -0.2) is 0 Å². The van der Waals surface area contributed by atoms with Gasteiger partial charge in [-0.1, -0.05) is 18.2 Å². The summed E-state index contributed by atoms with van der Waals surface area (Å²) in [5.41, 5.74) is 4.28. The molecule has 2 aliphatic rings. The van der Waals surface area contributed by atoms with E-state index in [4.69, 9.17) is 4.74 Å². The van der Waals surface area contributed by atoms with E-state index in [9.17, 15) is 0 Å². The summed E-state index contributed by atoms with van der Waals surface area (Å²) < 4.78 is 5.49. The van der Waals surface area contributed by atoms with Crippen molar-refractivity contribution in [2.75, 3.05) is 39.4 Å². The smallest absolute Gasteiger partial charge is 0.0594 e. The fourth-order valence-electron chi connectivity index (χ4n) is 4.04. The zero-order valence-electron chi connectivity index (χ0n) is 15.1. The Kier molecular flexibility index (Phi) is 5.73. The van der Waals surface area contributed by atoms with Gasteiger partial charge in [-0.05, 0) is 69.3 Å². The van der Waals surface area contributed by atoms with Crippen molar-refractivity contribution in [3.05, 3.63) is 34.9 Å². The van der Waals surface area contributed by atoms with Gasteiger partial charge in [-0.2, -0.15) is 0 Å². The third kappa shape index (κ3) is 4.34. The fraction of sp³-hybridized carbons (Fsp3) is 0.700. The molecule has 1 aromatic rings. The molecule has 3 nitrogen and oxygen atoms in total. The maximum atomic E-state index is 5.49. The van der Waals surface area contributed by atoms with Gasteiger partial charge in [0.15, 0.2) is 0 Å². The molecule has 0 N–H and O–H groups in total. The van der Waals surface area contributed by atoms with Crippen LogP contribution in [0.25, 0.3) is 0 Å². The first-order chi connectivity index (χ1) is 11.1. The van der Waals surface area contributed by atoms with Gasteiger partial charge in [-0.15, -0.1) is 0 Å². The third-order valence-electron chi connectivity index (χ3n) is 5.91. The van der Waals surface area contributed by atoms with Crippen LogP contribution in [0.5, 0.6) is 0 Å². The number of likely N-dealkylation sites (tertiary alicyclic amines) is 1.